The summed E-state index contributed by atoms with van der Waals surface area (Å²) >= 11 is 17.4. The summed E-state index contributed by atoms with van der Waals surface area (Å²) in [6, 6.07) is 5.64. The number of benzene rings is 1. The van der Waals surface area contributed by atoms with Gasteiger partial charge in [0.25, 0.3) is 0 Å². The zero-order valence-corrected chi connectivity index (χ0v) is 9.42. The van der Waals surface area contributed by atoms with Crippen LogP contribution in [0.4, 0.5) is 0 Å². The maximum atomic E-state index is 5.87. The molecule has 0 heterocycles. The topological polar surface area (TPSA) is 12.0 Å². The predicted octanol–water partition coefficient (Wildman–Crippen LogP) is 3.49. The summed E-state index contributed by atoms with van der Waals surface area (Å²) in [4.78, 5) is 0. The van der Waals surface area contributed by atoms with Crippen LogP contribution in [0.25, 0.3) is 0 Å². The third-order valence-corrected chi connectivity index (χ3v) is 2.90. The molecule has 1 N–H and O–H groups in total. The number of alkyl halides is 1. The summed E-state index contributed by atoms with van der Waals surface area (Å²) in [5.74, 6) is 0.508. The highest BCUT2D eigenvalue weighted by molar-refractivity contribution is 6.42. The molecule has 0 spiro atoms. The van der Waals surface area contributed by atoms with Gasteiger partial charge in [0, 0.05) is 11.9 Å². The first-order valence-corrected chi connectivity index (χ1v) is 5.16. The molecule has 0 saturated carbocycles. The fraction of sp³-hybridized carbons (Fsp3) is 0.333. The van der Waals surface area contributed by atoms with E-state index in [1.54, 1.807) is 6.07 Å². The number of rotatable bonds is 3. The maximum Gasteiger partial charge on any atom is 0.0595 e. The van der Waals surface area contributed by atoms with Crippen molar-refractivity contribution in [2.45, 2.75) is 6.04 Å². The molecule has 13 heavy (non-hydrogen) atoms. The van der Waals surface area contributed by atoms with Gasteiger partial charge < -0.3 is 5.32 Å². The zero-order chi connectivity index (χ0) is 9.84. The van der Waals surface area contributed by atoms with Crippen LogP contribution in [-0.4, -0.2) is 12.9 Å². The second-order valence-corrected chi connectivity index (χ2v) is 3.79. The van der Waals surface area contributed by atoms with E-state index in [1.165, 1.54) is 0 Å². The molecular formula is C9H10Cl3N. The average molecular weight is 239 g/mol. The smallest absolute Gasteiger partial charge is 0.0595 e. The monoisotopic (exact) mass is 237 g/mol. The summed E-state index contributed by atoms with van der Waals surface area (Å²) in [6.45, 7) is 0. The molecule has 0 amide bonds. The van der Waals surface area contributed by atoms with Gasteiger partial charge in [-0.25, -0.2) is 0 Å². The van der Waals surface area contributed by atoms with Gasteiger partial charge in [0.05, 0.1) is 10.0 Å². The van der Waals surface area contributed by atoms with Crippen LogP contribution in [-0.2, 0) is 0 Å². The van der Waals surface area contributed by atoms with Crippen LogP contribution in [0.15, 0.2) is 18.2 Å². The first kappa shape index (κ1) is 11.1. The summed E-state index contributed by atoms with van der Waals surface area (Å²) in [5.41, 5.74) is 1.05. The van der Waals surface area contributed by atoms with E-state index in [0.717, 1.165) is 5.56 Å². The van der Waals surface area contributed by atoms with Crippen LogP contribution in [0.5, 0.6) is 0 Å². The van der Waals surface area contributed by atoms with Gasteiger partial charge in [0.2, 0.25) is 0 Å². The Morgan fingerprint density at radius 1 is 1.31 bits per heavy atom. The highest BCUT2D eigenvalue weighted by Gasteiger charge is 2.08. The van der Waals surface area contributed by atoms with Crippen LogP contribution >= 0.6 is 34.8 Å². The lowest BCUT2D eigenvalue weighted by Crippen LogP contribution is -2.17. The lowest BCUT2D eigenvalue weighted by Gasteiger charge is -2.13. The van der Waals surface area contributed by atoms with Gasteiger partial charge in [0.15, 0.2) is 0 Å². The molecule has 0 aliphatic rings. The highest BCUT2D eigenvalue weighted by atomic mass is 35.5. The molecule has 1 atom stereocenters. The van der Waals surface area contributed by atoms with E-state index in [1.807, 2.05) is 19.2 Å². The Kier molecular flexibility index (Phi) is 4.33. The molecule has 1 rings (SSSR count). The van der Waals surface area contributed by atoms with Crippen molar-refractivity contribution in [1.29, 1.82) is 0 Å². The number of hydrogen-bond donors (Lipinski definition) is 1. The van der Waals surface area contributed by atoms with Gasteiger partial charge in [-0.05, 0) is 24.7 Å². The van der Waals surface area contributed by atoms with E-state index in [9.17, 15) is 0 Å². The maximum absolute atomic E-state index is 5.87. The number of halogens is 3. The van der Waals surface area contributed by atoms with Crippen molar-refractivity contribution in [2.24, 2.45) is 0 Å². The SMILES string of the molecule is CNC(CCl)c1ccc(Cl)c(Cl)c1. The summed E-state index contributed by atoms with van der Waals surface area (Å²) in [7, 11) is 1.86. The fourth-order valence-electron chi connectivity index (χ4n) is 1.06. The standard InChI is InChI=1S/C9H10Cl3N/c1-13-9(5-10)6-2-3-7(11)8(12)4-6/h2-4,9,13H,5H2,1H3. The third kappa shape index (κ3) is 2.75. The average Bonchev–Trinajstić information content (AvgIpc) is 2.13. The molecule has 0 fully saturated rings. The second kappa shape index (κ2) is 5.06. The van der Waals surface area contributed by atoms with Crippen LogP contribution in [0.3, 0.4) is 0 Å². The lowest BCUT2D eigenvalue weighted by atomic mass is 10.1. The fourth-order valence-corrected chi connectivity index (χ4v) is 1.70. The lowest BCUT2D eigenvalue weighted by molar-refractivity contribution is 0.658. The molecule has 0 aliphatic carbocycles. The molecule has 1 nitrogen and oxygen atoms in total. The minimum Gasteiger partial charge on any atom is -0.312 e. The normalized spacial score (nSPS) is 12.9. The molecular weight excluding hydrogens is 228 g/mol. The summed E-state index contributed by atoms with van der Waals surface area (Å²) in [5, 5.41) is 4.21. The molecule has 0 aromatic heterocycles. The van der Waals surface area contributed by atoms with Crippen molar-refractivity contribution in [3.05, 3.63) is 33.8 Å². The zero-order valence-electron chi connectivity index (χ0n) is 7.15. The van der Waals surface area contributed by atoms with E-state index >= 15 is 0 Å². The minimum atomic E-state index is 0.122. The Morgan fingerprint density at radius 3 is 2.46 bits per heavy atom. The Hall–Kier alpha value is 0.0500. The van der Waals surface area contributed by atoms with Gasteiger partial charge in [0.1, 0.15) is 0 Å². The van der Waals surface area contributed by atoms with Gasteiger partial charge in [-0.15, -0.1) is 11.6 Å². The van der Waals surface area contributed by atoms with E-state index in [-0.39, 0.29) is 6.04 Å². The van der Waals surface area contributed by atoms with Crippen LogP contribution in [0, 0.1) is 0 Å². The van der Waals surface area contributed by atoms with Crippen LogP contribution in [0.1, 0.15) is 11.6 Å². The van der Waals surface area contributed by atoms with Crippen molar-refractivity contribution in [2.75, 3.05) is 12.9 Å². The van der Waals surface area contributed by atoms with Gasteiger partial charge in [-0.2, -0.15) is 0 Å². The molecule has 0 saturated heterocycles. The second-order valence-electron chi connectivity index (χ2n) is 2.67. The van der Waals surface area contributed by atoms with Gasteiger partial charge in [-0.3, -0.25) is 0 Å². The Labute approximate surface area is 93.0 Å². The number of nitrogens with one attached hydrogen (secondary N) is 1. The minimum absolute atomic E-state index is 0.122. The van der Waals surface area contributed by atoms with E-state index in [2.05, 4.69) is 5.32 Å². The van der Waals surface area contributed by atoms with Crippen LogP contribution < -0.4 is 5.32 Å². The Bertz CT molecular complexity index is 284. The Morgan fingerprint density at radius 2 is 2.00 bits per heavy atom. The predicted molar refractivity (Wildman–Crippen MR) is 59.0 cm³/mol. The molecule has 0 aliphatic heterocycles. The van der Waals surface area contributed by atoms with Crippen molar-refractivity contribution in [3.63, 3.8) is 0 Å². The molecule has 72 valence electrons. The Balaban J connectivity index is 2.95. The first-order valence-electron chi connectivity index (χ1n) is 3.87. The number of hydrogen-bond acceptors (Lipinski definition) is 1. The van der Waals surface area contributed by atoms with Gasteiger partial charge in [-0.1, -0.05) is 29.3 Å². The first-order chi connectivity index (χ1) is 6.19. The molecule has 0 bridgehead atoms. The quantitative estimate of drug-likeness (QED) is 0.795. The van der Waals surface area contributed by atoms with E-state index < -0.39 is 0 Å². The van der Waals surface area contributed by atoms with Gasteiger partial charge >= 0.3 is 0 Å². The van der Waals surface area contributed by atoms with Crippen LogP contribution in [0.2, 0.25) is 10.0 Å². The van der Waals surface area contributed by atoms with Crippen molar-refractivity contribution < 1.29 is 0 Å². The van der Waals surface area contributed by atoms with E-state index in [0.29, 0.717) is 15.9 Å². The molecule has 1 unspecified atom stereocenters. The molecule has 0 radical (unpaired) electrons. The van der Waals surface area contributed by atoms with E-state index in [4.69, 9.17) is 34.8 Å². The largest absolute Gasteiger partial charge is 0.312 e. The third-order valence-electron chi connectivity index (χ3n) is 1.85. The molecule has 1 aromatic rings. The van der Waals surface area contributed by atoms with Crippen molar-refractivity contribution in [3.8, 4) is 0 Å². The van der Waals surface area contributed by atoms with Crippen molar-refractivity contribution in [1.82, 2.24) is 5.32 Å². The molecule has 4 heteroatoms. The summed E-state index contributed by atoms with van der Waals surface area (Å²) in [6.07, 6.45) is 0. The van der Waals surface area contributed by atoms with Crippen molar-refractivity contribution >= 4 is 34.8 Å². The molecule has 1 aromatic carbocycles. The summed E-state index contributed by atoms with van der Waals surface area (Å²) < 4.78 is 0. The highest BCUT2D eigenvalue weighted by Crippen LogP contribution is 2.25.